The van der Waals surface area contributed by atoms with Crippen LogP contribution >= 0.6 is 34.5 Å². The Morgan fingerprint density at radius 1 is 1.12 bits per heavy atom. The van der Waals surface area contributed by atoms with Gasteiger partial charge in [-0.15, -0.1) is 11.3 Å². The highest BCUT2D eigenvalue weighted by molar-refractivity contribution is 7.17. The number of carbonyl (C=O) groups is 2. The molecule has 126 valence electrons. The van der Waals surface area contributed by atoms with Crippen molar-refractivity contribution in [2.24, 2.45) is 5.73 Å². The van der Waals surface area contributed by atoms with Crippen LogP contribution in [-0.4, -0.2) is 29.3 Å². The molecule has 0 spiro atoms. The van der Waals surface area contributed by atoms with Crippen molar-refractivity contribution in [1.82, 2.24) is 4.90 Å². The number of hydrogen-bond acceptors (Lipinski definition) is 3. The number of hydrogen-bond donors (Lipinski definition) is 1. The molecule has 1 atom stereocenters. The first kappa shape index (κ1) is 17.3. The number of benzene rings is 1. The Kier molecular flexibility index (Phi) is 5.13. The molecule has 2 amide bonds. The average Bonchev–Trinajstić information content (AvgIpc) is 3.03. The van der Waals surface area contributed by atoms with Gasteiger partial charge in [-0.05, 0) is 55.2 Å². The summed E-state index contributed by atoms with van der Waals surface area (Å²) in [7, 11) is 0. The number of halogens is 2. The first-order chi connectivity index (χ1) is 11.5. The van der Waals surface area contributed by atoms with Crippen molar-refractivity contribution in [3.63, 3.8) is 0 Å². The second-order valence-electron chi connectivity index (χ2n) is 5.73. The summed E-state index contributed by atoms with van der Waals surface area (Å²) in [5.74, 6) is -0.593. The second kappa shape index (κ2) is 7.13. The second-order valence-corrected chi connectivity index (χ2v) is 7.69. The minimum Gasteiger partial charge on any atom is -0.368 e. The molecule has 0 radical (unpaired) electrons. The summed E-state index contributed by atoms with van der Waals surface area (Å²) < 4.78 is 0. The lowest BCUT2D eigenvalue weighted by atomic mass is 10.0. The smallest absolute Gasteiger partial charge is 0.264 e. The van der Waals surface area contributed by atoms with Crippen LogP contribution in [0.3, 0.4) is 0 Å². The van der Waals surface area contributed by atoms with Gasteiger partial charge in [-0.25, -0.2) is 0 Å². The van der Waals surface area contributed by atoms with Crippen molar-refractivity contribution < 1.29 is 9.59 Å². The fraction of sp³-hybridized carbons (Fsp3) is 0.294. The SMILES string of the molecule is NC(=O)C1CCCCN1C(=O)c1ccc(-c2cc(Cl)cc(Cl)c2)s1. The molecule has 2 heterocycles. The number of nitrogens with two attached hydrogens (primary N) is 1. The Bertz CT molecular complexity index is 770. The van der Waals surface area contributed by atoms with Gasteiger partial charge in [-0.3, -0.25) is 9.59 Å². The van der Waals surface area contributed by atoms with Crippen molar-refractivity contribution in [2.75, 3.05) is 6.54 Å². The van der Waals surface area contributed by atoms with Crippen LogP contribution in [0.5, 0.6) is 0 Å². The molecule has 1 unspecified atom stereocenters. The maximum Gasteiger partial charge on any atom is 0.264 e. The van der Waals surface area contributed by atoms with E-state index in [0.29, 0.717) is 27.9 Å². The number of rotatable bonds is 3. The molecule has 1 aliphatic heterocycles. The number of likely N-dealkylation sites (tertiary alicyclic amines) is 1. The van der Waals surface area contributed by atoms with E-state index in [1.165, 1.54) is 11.3 Å². The quantitative estimate of drug-likeness (QED) is 0.863. The number of nitrogens with zero attached hydrogens (tertiary/aromatic N) is 1. The van der Waals surface area contributed by atoms with Crippen LogP contribution in [0, 0.1) is 0 Å². The third kappa shape index (κ3) is 3.58. The number of carbonyl (C=O) groups excluding carboxylic acids is 2. The lowest BCUT2D eigenvalue weighted by molar-refractivity contribution is -0.123. The van der Waals surface area contributed by atoms with Gasteiger partial charge in [0.15, 0.2) is 0 Å². The van der Waals surface area contributed by atoms with Crippen molar-refractivity contribution in [2.45, 2.75) is 25.3 Å². The highest BCUT2D eigenvalue weighted by Gasteiger charge is 2.31. The predicted molar refractivity (Wildman–Crippen MR) is 97.6 cm³/mol. The molecule has 0 saturated carbocycles. The molecule has 1 fully saturated rings. The van der Waals surface area contributed by atoms with Gasteiger partial charge in [0.25, 0.3) is 5.91 Å². The van der Waals surface area contributed by atoms with E-state index in [9.17, 15) is 9.59 Å². The van der Waals surface area contributed by atoms with E-state index in [1.807, 2.05) is 6.07 Å². The third-order valence-corrected chi connectivity index (χ3v) is 5.61. The van der Waals surface area contributed by atoms with Crippen molar-refractivity contribution in [3.8, 4) is 10.4 Å². The molecule has 0 bridgehead atoms. The van der Waals surface area contributed by atoms with Crippen LogP contribution in [0.4, 0.5) is 0 Å². The topological polar surface area (TPSA) is 63.4 Å². The Hall–Kier alpha value is -1.56. The summed E-state index contributed by atoms with van der Waals surface area (Å²) in [6, 6.07) is 8.39. The zero-order valence-electron chi connectivity index (χ0n) is 12.8. The fourth-order valence-electron chi connectivity index (χ4n) is 2.92. The molecule has 0 aliphatic carbocycles. The predicted octanol–water partition coefficient (Wildman–Crippen LogP) is 4.20. The number of amides is 2. The van der Waals surface area contributed by atoms with Gasteiger partial charge in [0.1, 0.15) is 6.04 Å². The van der Waals surface area contributed by atoms with Crippen molar-refractivity contribution in [3.05, 3.63) is 45.3 Å². The molecule has 24 heavy (non-hydrogen) atoms. The van der Waals surface area contributed by atoms with E-state index in [4.69, 9.17) is 28.9 Å². The van der Waals surface area contributed by atoms with E-state index < -0.39 is 11.9 Å². The van der Waals surface area contributed by atoms with E-state index in [0.717, 1.165) is 23.3 Å². The van der Waals surface area contributed by atoms with Crippen LogP contribution < -0.4 is 5.73 Å². The molecule has 3 rings (SSSR count). The maximum atomic E-state index is 12.8. The molecular formula is C17H16Cl2N2O2S. The molecule has 1 aromatic carbocycles. The van der Waals surface area contributed by atoms with Crippen LogP contribution in [0.15, 0.2) is 30.3 Å². The molecule has 1 saturated heterocycles. The summed E-state index contributed by atoms with van der Waals surface area (Å²) in [5.41, 5.74) is 6.31. The highest BCUT2D eigenvalue weighted by atomic mass is 35.5. The first-order valence-electron chi connectivity index (χ1n) is 7.62. The van der Waals surface area contributed by atoms with E-state index in [1.54, 1.807) is 29.2 Å². The largest absolute Gasteiger partial charge is 0.368 e. The Morgan fingerprint density at radius 2 is 1.83 bits per heavy atom. The van der Waals surface area contributed by atoms with Crippen molar-refractivity contribution >= 4 is 46.4 Å². The Balaban J connectivity index is 1.86. The van der Waals surface area contributed by atoms with E-state index in [2.05, 4.69) is 0 Å². The number of piperidine rings is 1. The molecule has 2 N–H and O–H groups in total. The maximum absolute atomic E-state index is 12.8. The Labute approximate surface area is 154 Å². The minimum atomic E-state index is -0.516. The molecule has 7 heteroatoms. The monoisotopic (exact) mass is 382 g/mol. The zero-order valence-corrected chi connectivity index (χ0v) is 15.1. The lowest BCUT2D eigenvalue weighted by Crippen LogP contribution is -2.50. The fourth-order valence-corrected chi connectivity index (χ4v) is 4.39. The molecule has 1 aliphatic rings. The number of thiophene rings is 1. The molecular weight excluding hydrogens is 367 g/mol. The third-order valence-electron chi connectivity index (χ3n) is 4.06. The van der Waals surface area contributed by atoms with Gasteiger partial charge in [0, 0.05) is 21.5 Å². The summed E-state index contributed by atoms with van der Waals surface area (Å²) in [5, 5.41) is 1.09. The van der Waals surface area contributed by atoms with Gasteiger partial charge in [0.05, 0.1) is 4.88 Å². The normalized spacial score (nSPS) is 17.8. The molecule has 2 aromatic rings. The number of primary amides is 1. The van der Waals surface area contributed by atoms with Crippen LogP contribution in [-0.2, 0) is 4.79 Å². The summed E-state index contributed by atoms with van der Waals surface area (Å²) in [6.07, 6.45) is 2.43. The van der Waals surface area contributed by atoms with Gasteiger partial charge in [-0.1, -0.05) is 23.2 Å². The standard InChI is InChI=1S/C17H16Cl2N2O2S/c18-11-7-10(8-12(19)9-11)14-4-5-15(24-14)17(23)21-6-2-1-3-13(21)16(20)22/h4-5,7-9,13H,1-3,6H2,(H2,20,22). The van der Waals surface area contributed by atoms with Gasteiger partial charge >= 0.3 is 0 Å². The van der Waals surface area contributed by atoms with E-state index in [-0.39, 0.29) is 5.91 Å². The molecule has 1 aromatic heterocycles. The average molecular weight is 383 g/mol. The molecule has 4 nitrogen and oxygen atoms in total. The van der Waals surface area contributed by atoms with Gasteiger partial charge in [-0.2, -0.15) is 0 Å². The highest BCUT2D eigenvalue weighted by Crippen LogP contribution is 2.33. The summed E-state index contributed by atoms with van der Waals surface area (Å²) >= 11 is 13.4. The van der Waals surface area contributed by atoms with Crippen LogP contribution in [0.2, 0.25) is 10.0 Å². The van der Waals surface area contributed by atoms with Crippen LogP contribution in [0.25, 0.3) is 10.4 Å². The first-order valence-corrected chi connectivity index (χ1v) is 9.19. The van der Waals surface area contributed by atoms with Crippen molar-refractivity contribution in [1.29, 1.82) is 0 Å². The van der Waals surface area contributed by atoms with Crippen LogP contribution in [0.1, 0.15) is 28.9 Å². The van der Waals surface area contributed by atoms with Gasteiger partial charge in [0.2, 0.25) is 5.91 Å². The van der Waals surface area contributed by atoms with Gasteiger partial charge < -0.3 is 10.6 Å². The van der Waals surface area contributed by atoms with E-state index >= 15 is 0 Å². The lowest BCUT2D eigenvalue weighted by Gasteiger charge is -2.33. The Morgan fingerprint density at radius 3 is 2.50 bits per heavy atom. The zero-order chi connectivity index (χ0) is 17.3. The minimum absolute atomic E-state index is 0.150. The summed E-state index contributed by atoms with van der Waals surface area (Å²) in [4.78, 5) is 27.4. The summed E-state index contributed by atoms with van der Waals surface area (Å²) in [6.45, 7) is 0.558.